The van der Waals surface area contributed by atoms with E-state index in [0.29, 0.717) is 17.1 Å². The summed E-state index contributed by atoms with van der Waals surface area (Å²) in [4.78, 5) is 36.8. The molecule has 0 saturated heterocycles. The maximum absolute atomic E-state index is 12.0. The molecule has 1 amide bonds. The van der Waals surface area contributed by atoms with Crippen molar-refractivity contribution in [3.8, 4) is 5.75 Å². The number of rotatable bonds is 4. The number of benzene rings is 1. The van der Waals surface area contributed by atoms with Gasteiger partial charge >= 0.3 is 11.9 Å². The quantitative estimate of drug-likeness (QED) is 0.650. The number of hydrogen-bond acceptors (Lipinski definition) is 7. The first-order valence-corrected chi connectivity index (χ1v) is 7.11. The topological polar surface area (TPSA) is 94.2 Å². The van der Waals surface area contributed by atoms with Crippen molar-refractivity contribution in [2.75, 3.05) is 31.5 Å². The lowest BCUT2D eigenvalue weighted by Gasteiger charge is -2.31. The van der Waals surface area contributed by atoms with Gasteiger partial charge in [0.25, 0.3) is 5.91 Å². The highest BCUT2D eigenvalue weighted by Gasteiger charge is 2.31. The van der Waals surface area contributed by atoms with Gasteiger partial charge in [-0.25, -0.2) is 9.59 Å². The molecule has 0 aromatic heterocycles. The molecule has 8 nitrogen and oxygen atoms in total. The molecule has 1 N–H and O–H groups in total. The average molecular weight is 334 g/mol. The molecule has 1 aromatic rings. The molecule has 1 atom stereocenters. The van der Waals surface area contributed by atoms with Gasteiger partial charge in [-0.05, 0) is 19.1 Å². The molecule has 1 aliphatic rings. The Balaban J connectivity index is 2.42. The number of likely N-dealkylation sites (N-methyl/N-ethyl adjacent to an activating group) is 1. The van der Waals surface area contributed by atoms with Crippen LogP contribution in [0.1, 0.15) is 6.92 Å². The monoisotopic (exact) mass is 334 g/mol. The molecule has 1 heterocycles. The van der Waals surface area contributed by atoms with Crippen molar-refractivity contribution >= 4 is 29.2 Å². The van der Waals surface area contributed by atoms with E-state index in [1.807, 2.05) is 0 Å². The number of esters is 2. The number of anilines is 2. The summed E-state index contributed by atoms with van der Waals surface area (Å²) in [6.07, 6.45) is 0.309. The van der Waals surface area contributed by atoms with Gasteiger partial charge in [0, 0.05) is 7.05 Å². The third-order valence-electron chi connectivity index (χ3n) is 3.47. The fourth-order valence-electron chi connectivity index (χ4n) is 2.21. The molecule has 0 spiro atoms. The number of methoxy groups -OCH3 is 2. The van der Waals surface area contributed by atoms with Crippen LogP contribution in [0.5, 0.6) is 5.75 Å². The lowest BCUT2D eigenvalue weighted by atomic mass is 10.1. The molecule has 1 aliphatic heterocycles. The van der Waals surface area contributed by atoms with Crippen molar-refractivity contribution in [2.45, 2.75) is 13.0 Å². The van der Waals surface area contributed by atoms with E-state index in [1.165, 1.54) is 19.1 Å². The Labute approximate surface area is 139 Å². The predicted molar refractivity (Wildman–Crippen MR) is 85.7 cm³/mol. The van der Waals surface area contributed by atoms with Gasteiger partial charge in [0.05, 0.1) is 31.7 Å². The summed E-state index contributed by atoms with van der Waals surface area (Å²) in [6, 6.07) is 5.06. The summed E-state index contributed by atoms with van der Waals surface area (Å²) >= 11 is 0. The van der Waals surface area contributed by atoms with Crippen molar-refractivity contribution in [2.24, 2.45) is 0 Å². The summed E-state index contributed by atoms with van der Waals surface area (Å²) in [5.74, 6) is -1.25. The normalized spacial score (nSPS) is 16.8. The summed E-state index contributed by atoms with van der Waals surface area (Å²) in [7, 11) is 4.03. The molecule has 0 saturated carbocycles. The second-order valence-electron chi connectivity index (χ2n) is 5.01. The maximum atomic E-state index is 12.0. The number of amides is 1. The van der Waals surface area contributed by atoms with Gasteiger partial charge in [-0.15, -0.1) is 0 Å². The Hall–Kier alpha value is -3.03. The van der Waals surface area contributed by atoms with E-state index in [4.69, 9.17) is 4.74 Å². The first-order chi connectivity index (χ1) is 11.4. The van der Waals surface area contributed by atoms with Crippen LogP contribution in [0.15, 0.2) is 30.0 Å². The molecular formula is C16H18N2O6. The van der Waals surface area contributed by atoms with Crippen molar-refractivity contribution in [1.82, 2.24) is 0 Å². The number of ether oxygens (including phenoxy) is 3. The van der Waals surface area contributed by atoms with Gasteiger partial charge in [0.15, 0.2) is 11.9 Å². The van der Waals surface area contributed by atoms with Gasteiger partial charge < -0.3 is 24.4 Å². The summed E-state index contributed by atoms with van der Waals surface area (Å²) < 4.78 is 14.8. The summed E-state index contributed by atoms with van der Waals surface area (Å²) in [5, 5.41) is 2.80. The molecule has 128 valence electrons. The standard InChI is InChI=1S/C16H18N2O6/c1-9-15(20)18(2)12-7-5-6-10(14(12)24-9)17-11(16(21)23-4)8-13(19)22-3/h5-9,17H,1-4H3/b11-8+. The van der Waals surface area contributed by atoms with Gasteiger partial charge in [0.2, 0.25) is 0 Å². The summed E-state index contributed by atoms with van der Waals surface area (Å²) in [5.41, 5.74) is 0.846. The lowest BCUT2D eigenvalue weighted by molar-refractivity contribution is -0.138. The molecule has 0 aliphatic carbocycles. The molecular weight excluding hydrogens is 316 g/mol. The highest BCUT2D eigenvalue weighted by atomic mass is 16.5. The second-order valence-corrected chi connectivity index (χ2v) is 5.01. The van der Waals surface area contributed by atoms with Crippen LogP contribution in [0, 0.1) is 0 Å². The minimum absolute atomic E-state index is 0.117. The summed E-state index contributed by atoms with van der Waals surface area (Å²) in [6.45, 7) is 1.63. The number of nitrogens with one attached hydrogen (secondary N) is 1. The molecule has 0 bridgehead atoms. The second kappa shape index (κ2) is 7.03. The van der Waals surface area contributed by atoms with E-state index >= 15 is 0 Å². The first-order valence-electron chi connectivity index (χ1n) is 7.11. The van der Waals surface area contributed by atoms with Crippen LogP contribution < -0.4 is 15.0 Å². The molecule has 1 unspecified atom stereocenters. The Kier molecular flexibility index (Phi) is 5.08. The van der Waals surface area contributed by atoms with Crippen molar-refractivity contribution in [3.63, 3.8) is 0 Å². The van der Waals surface area contributed by atoms with Crippen LogP contribution in [0.25, 0.3) is 0 Å². The predicted octanol–water partition coefficient (Wildman–Crippen LogP) is 1.07. The Morgan fingerprint density at radius 3 is 2.62 bits per heavy atom. The zero-order chi connectivity index (χ0) is 17.9. The van der Waals surface area contributed by atoms with Crippen LogP contribution >= 0.6 is 0 Å². The molecule has 2 rings (SSSR count). The zero-order valence-electron chi connectivity index (χ0n) is 13.8. The first kappa shape index (κ1) is 17.3. The minimum Gasteiger partial charge on any atom is -0.476 e. The van der Waals surface area contributed by atoms with E-state index in [9.17, 15) is 14.4 Å². The van der Waals surface area contributed by atoms with Crippen LogP contribution in [0.4, 0.5) is 11.4 Å². The molecule has 8 heteroatoms. The maximum Gasteiger partial charge on any atom is 0.354 e. The van der Waals surface area contributed by atoms with Crippen molar-refractivity contribution < 1.29 is 28.6 Å². The zero-order valence-corrected chi connectivity index (χ0v) is 13.8. The van der Waals surface area contributed by atoms with Crippen LogP contribution in [0.2, 0.25) is 0 Å². The van der Waals surface area contributed by atoms with E-state index in [-0.39, 0.29) is 11.6 Å². The highest BCUT2D eigenvalue weighted by molar-refractivity contribution is 6.02. The largest absolute Gasteiger partial charge is 0.476 e. The Morgan fingerprint density at radius 2 is 2.00 bits per heavy atom. The van der Waals surface area contributed by atoms with Gasteiger partial charge in [-0.3, -0.25) is 4.79 Å². The molecule has 0 fully saturated rings. The Bertz CT molecular complexity index is 713. The fourth-order valence-corrected chi connectivity index (χ4v) is 2.21. The lowest BCUT2D eigenvalue weighted by Crippen LogP contribution is -2.42. The average Bonchev–Trinajstić information content (AvgIpc) is 2.58. The van der Waals surface area contributed by atoms with E-state index in [1.54, 1.807) is 32.2 Å². The highest BCUT2D eigenvalue weighted by Crippen LogP contribution is 2.40. The van der Waals surface area contributed by atoms with Crippen molar-refractivity contribution in [3.05, 3.63) is 30.0 Å². The smallest absolute Gasteiger partial charge is 0.354 e. The third-order valence-corrected chi connectivity index (χ3v) is 3.47. The van der Waals surface area contributed by atoms with Crippen molar-refractivity contribution in [1.29, 1.82) is 0 Å². The van der Waals surface area contributed by atoms with Crippen LogP contribution in [0.3, 0.4) is 0 Å². The SMILES string of the molecule is COC(=O)/C=C(/Nc1cccc2c1OC(C)C(=O)N2C)C(=O)OC. The van der Waals surface area contributed by atoms with Gasteiger partial charge in [-0.2, -0.15) is 0 Å². The van der Waals surface area contributed by atoms with Crippen LogP contribution in [-0.2, 0) is 23.9 Å². The number of fused-ring (bicyclic) bond motifs is 1. The van der Waals surface area contributed by atoms with Gasteiger partial charge in [0.1, 0.15) is 5.70 Å². The van der Waals surface area contributed by atoms with Crippen LogP contribution in [-0.4, -0.2) is 45.2 Å². The number of hydrogen-bond donors (Lipinski definition) is 1. The third kappa shape index (κ3) is 3.32. The fraction of sp³-hybridized carbons (Fsp3) is 0.312. The number of carbonyl (C=O) groups excluding carboxylic acids is 3. The number of carbonyl (C=O) groups is 3. The Morgan fingerprint density at radius 1 is 1.29 bits per heavy atom. The molecule has 24 heavy (non-hydrogen) atoms. The molecule has 0 radical (unpaired) electrons. The van der Waals surface area contributed by atoms with E-state index in [0.717, 1.165) is 6.08 Å². The van der Waals surface area contributed by atoms with E-state index in [2.05, 4.69) is 14.8 Å². The van der Waals surface area contributed by atoms with Gasteiger partial charge in [-0.1, -0.05) is 6.07 Å². The molecule has 1 aromatic carbocycles. The number of para-hydroxylation sites is 1. The number of nitrogens with zero attached hydrogens (tertiary/aromatic N) is 1. The van der Waals surface area contributed by atoms with E-state index < -0.39 is 18.0 Å². The minimum atomic E-state index is -0.744.